The highest BCUT2D eigenvalue weighted by Crippen LogP contribution is 2.65. The molecule has 1 spiro atoms. The second-order valence-electron chi connectivity index (χ2n) is 13.3. The molecule has 1 heterocycles. The third-order valence-corrected chi connectivity index (χ3v) is 8.58. The predicted octanol–water partition coefficient (Wildman–Crippen LogP) is 7.74. The van der Waals surface area contributed by atoms with Crippen LogP contribution in [0.3, 0.4) is 0 Å². The van der Waals surface area contributed by atoms with E-state index in [4.69, 9.17) is 0 Å². The Labute approximate surface area is 214 Å². The summed E-state index contributed by atoms with van der Waals surface area (Å²) >= 11 is 0. The van der Waals surface area contributed by atoms with E-state index < -0.39 is 5.54 Å². The number of rotatable bonds is 2. The molecule has 2 bridgehead atoms. The Kier molecular flexibility index (Phi) is 4.81. The fourth-order valence-electron chi connectivity index (χ4n) is 8.22. The van der Waals surface area contributed by atoms with Crippen LogP contribution in [-0.2, 0) is 0 Å². The number of amides is 3. The average molecular weight is 481 g/mol. The lowest BCUT2D eigenvalue weighted by Crippen LogP contribution is -2.69. The Hall–Kier alpha value is -3.14. The van der Waals surface area contributed by atoms with Crippen LogP contribution in [0.2, 0.25) is 0 Å². The molecule has 3 amide bonds. The van der Waals surface area contributed by atoms with Crippen molar-refractivity contribution in [3.8, 4) is 0 Å². The number of allylic oxidation sites excluding steroid dienone is 2. The fourth-order valence-corrected chi connectivity index (χ4v) is 8.22. The number of benzene rings is 2. The third-order valence-electron chi connectivity index (χ3n) is 8.58. The number of nitrogens with zero attached hydrogens (tertiary/aromatic N) is 2. The number of imide groups is 1. The van der Waals surface area contributed by atoms with Crippen LogP contribution in [0, 0.1) is 16.2 Å². The third kappa shape index (κ3) is 3.41. The van der Waals surface area contributed by atoms with Crippen LogP contribution in [0.5, 0.6) is 0 Å². The number of para-hydroxylation sites is 1. The molecule has 0 N–H and O–H groups in total. The van der Waals surface area contributed by atoms with Crippen molar-refractivity contribution in [2.75, 3.05) is 4.90 Å². The van der Waals surface area contributed by atoms with Gasteiger partial charge < -0.3 is 0 Å². The Bertz CT molecular complexity index is 1320. The van der Waals surface area contributed by atoms with E-state index in [1.807, 2.05) is 65.6 Å². The van der Waals surface area contributed by atoms with Gasteiger partial charge >= 0.3 is 6.03 Å². The van der Waals surface area contributed by atoms with Crippen molar-refractivity contribution in [3.05, 3.63) is 89.1 Å². The Morgan fingerprint density at radius 3 is 2.08 bits per heavy atom. The Morgan fingerprint density at radius 1 is 0.778 bits per heavy atom. The molecule has 4 nitrogen and oxygen atoms in total. The van der Waals surface area contributed by atoms with Crippen molar-refractivity contribution in [1.82, 2.24) is 4.90 Å². The number of fused-ring (bicyclic) bond motifs is 1. The molecule has 3 aliphatic carbocycles. The summed E-state index contributed by atoms with van der Waals surface area (Å²) in [6.45, 7) is 11.5. The summed E-state index contributed by atoms with van der Waals surface area (Å²) in [7, 11) is 0. The summed E-state index contributed by atoms with van der Waals surface area (Å²) in [6.07, 6.45) is 6.92. The zero-order chi connectivity index (χ0) is 25.5. The van der Waals surface area contributed by atoms with Gasteiger partial charge in [-0.05, 0) is 78.2 Å². The van der Waals surface area contributed by atoms with Gasteiger partial charge in [-0.2, -0.15) is 0 Å². The maximum atomic E-state index is 14.7. The van der Waals surface area contributed by atoms with Gasteiger partial charge in [0.15, 0.2) is 0 Å². The molecule has 4 heteroatoms. The number of carbonyl (C=O) groups is 2. The molecule has 2 aromatic rings. The van der Waals surface area contributed by atoms with Crippen LogP contribution in [0.15, 0.2) is 83.6 Å². The van der Waals surface area contributed by atoms with Crippen LogP contribution in [0.25, 0.3) is 0 Å². The second-order valence-corrected chi connectivity index (χ2v) is 13.3. The molecule has 6 rings (SSSR count). The maximum Gasteiger partial charge on any atom is 0.336 e. The van der Waals surface area contributed by atoms with E-state index in [0.717, 1.165) is 43.5 Å². The predicted molar refractivity (Wildman–Crippen MR) is 144 cm³/mol. The van der Waals surface area contributed by atoms with E-state index in [2.05, 4.69) is 40.7 Å². The number of urea groups is 1. The molecule has 2 atom stereocenters. The van der Waals surface area contributed by atoms with Gasteiger partial charge in [0.05, 0.1) is 11.2 Å². The van der Waals surface area contributed by atoms with Crippen molar-refractivity contribution in [1.29, 1.82) is 0 Å². The molecule has 0 saturated heterocycles. The molecule has 0 unspecified atom stereocenters. The summed E-state index contributed by atoms with van der Waals surface area (Å²) in [5.41, 5.74) is 4.37. The van der Waals surface area contributed by atoms with E-state index in [1.54, 1.807) is 4.90 Å². The van der Waals surface area contributed by atoms with Crippen molar-refractivity contribution >= 4 is 17.6 Å². The molecular formula is C32H36N2O2. The van der Waals surface area contributed by atoms with Gasteiger partial charge in [0.25, 0.3) is 5.91 Å². The highest BCUT2D eigenvalue weighted by Gasteiger charge is 2.64. The van der Waals surface area contributed by atoms with Gasteiger partial charge in [0.2, 0.25) is 0 Å². The first-order chi connectivity index (χ1) is 16.9. The second kappa shape index (κ2) is 7.44. The minimum absolute atomic E-state index is 0.00940. The normalized spacial score (nSPS) is 30.0. The number of hydrogen-bond donors (Lipinski definition) is 0. The van der Waals surface area contributed by atoms with Crippen LogP contribution in [-0.4, -0.2) is 22.4 Å². The van der Waals surface area contributed by atoms with Crippen molar-refractivity contribution in [2.45, 2.75) is 72.3 Å². The first-order valence-corrected chi connectivity index (χ1v) is 13.2. The molecule has 0 aromatic heterocycles. The molecule has 1 aliphatic heterocycles. The van der Waals surface area contributed by atoms with Gasteiger partial charge in [-0.15, -0.1) is 0 Å². The standard InChI is InChI=1S/C32H36N2O2/c1-29(2)16-23-17-31(5)19-30(3,4)20-32(21-31)26(23)25(18-29)33(24-14-10-7-11-15-24)28(36)34(32)27(35)22-12-8-6-9-13-22/h6-15,17H,16,18-21H2,1-5H3/t31-,32+/m0/s1. The van der Waals surface area contributed by atoms with E-state index in [9.17, 15) is 9.59 Å². The van der Waals surface area contributed by atoms with E-state index in [0.29, 0.717) is 5.56 Å². The smallest absolute Gasteiger partial charge is 0.269 e. The number of anilines is 1. The first kappa shape index (κ1) is 23.3. The fraction of sp³-hybridized carbons (Fsp3) is 0.438. The number of hydrogen-bond acceptors (Lipinski definition) is 2. The molecule has 186 valence electrons. The zero-order valence-corrected chi connectivity index (χ0v) is 22.1. The van der Waals surface area contributed by atoms with Gasteiger partial charge in [0.1, 0.15) is 0 Å². The molecule has 1 fully saturated rings. The lowest BCUT2D eigenvalue weighted by atomic mass is 9.49. The van der Waals surface area contributed by atoms with Crippen LogP contribution >= 0.6 is 0 Å². The highest BCUT2D eigenvalue weighted by atomic mass is 16.2. The van der Waals surface area contributed by atoms with Gasteiger partial charge in [0, 0.05) is 16.8 Å². The largest absolute Gasteiger partial charge is 0.336 e. The van der Waals surface area contributed by atoms with Gasteiger partial charge in [-0.1, -0.05) is 77.1 Å². The van der Waals surface area contributed by atoms with E-state index >= 15 is 0 Å². The van der Waals surface area contributed by atoms with Crippen LogP contribution in [0.4, 0.5) is 10.5 Å². The summed E-state index contributed by atoms with van der Waals surface area (Å²) in [5.74, 6) is -0.195. The monoisotopic (exact) mass is 480 g/mol. The highest BCUT2D eigenvalue weighted by molar-refractivity contribution is 6.12. The van der Waals surface area contributed by atoms with Crippen molar-refractivity contribution in [3.63, 3.8) is 0 Å². The molecule has 0 radical (unpaired) electrons. The van der Waals surface area contributed by atoms with Gasteiger partial charge in [-0.25, -0.2) is 9.69 Å². The lowest BCUT2D eigenvalue weighted by Gasteiger charge is -2.64. The quantitative estimate of drug-likeness (QED) is 0.441. The Morgan fingerprint density at radius 2 is 1.42 bits per heavy atom. The molecule has 4 aliphatic rings. The summed E-state index contributed by atoms with van der Waals surface area (Å²) < 4.78 is 0. The number of carbonyl (C=O) groups excluding carboxylic acids is 2. The minimum Gasteiger partial charge on any atom is -0.269 e. The molecule has 2 aromatic carbocycles. The van der Waals surface area contributed by atoms with Crippen molar-refractivity contribution in [2.24, 2.45) is 16.2 Å². The van der Waals surface area contributed by atoms with E-state index in [1.165, 1.54) is 11.1 Å². The average Bonchev–Trinajstić information content (AvgIpc) is 2.77. The lowest BCUT2D eigenvalue weighted by molar-refractivity contribution is -0.00217. The Balaban J connectivity index is 1.68. The minimum atomic E-state index is -0.637. The summed E-state index contributed by atoms with van der Waals surface area (Å²) in [6, 6.07) is 19.0. The summed E-state index contributed by atoms with van der Waals surface area (Å²) in [4.78, 5) is 32.5. The molecule has 1 saturated carbocycles. The van der Waals surface area contributed by atoms with Crippen LogP contribution < -0.4 is 4.90 Å². The zero-order valence-electron chi connectivity index (χ0n) is 22.1. The maximum absolute atomic E-state index is 14.7. The SMILES string of the molecule is CC1(C)CC2=C[C@@]3(C)CC(C)(C)C[C@@]4(C3)C2=C(C1)N(c1ccccc1)C(=O)N4C(=O)c1ccccc1. The first-order valence-electron chi connectivity index (χ1n) is 13.2. The summed E-state index contributed by atoms with van der Waals surface area (Å²) in [5, 5.41) is 0. The topological polar surface area (TPSA) is 40.6 Å². The van der Waals surface area contributed by atoms with Gasteiger partial charge in [-0.3, -0.25) is 9.69 Å². The van der Waals surface area contributed by atoms with Crippen molar-refractivity contribution < 1.29 is 9.59 Å². The molecule has 36 heavy (non-hydrogen) atoms. The molecular weight excluding hydrogens is 444 g/mol. The van der Waals surface area contributed by atoms with Crippen LogP contribution in [0.1, 0.15) is 77.1 Å². The van der Waals surface area contributed by atoms with E-state index in [-0.39, 0.29) is 28.2 Å².